The van der Waals surface area contributed by atoms with E-state index in [0.717, 1.165) is 16.9 Å². The Bertz CT molecular complexity index is 2400. The molecule has 8 aromatic rings. The second-order valence-electron chi connectivity index (χ2n) is 13.1. The highest BCUT2D eigenvalue weighted by Crippen LogP contribution is 2.35. The first-order valence-corrected chi connectivity index (χ1v) is 16.6. The van der Waals surface area contributed by atoms with E-state index in [1.54, 1.807) is 0 Å². The van der Waals surface area contributed by atoms with E-state index in [0.29, 0.717) is 12.1 Å². The highest BCUT2D eigenvalue weighted by atomic mass is 15.2. The molecule has 0 bridgehead atoms. The maximum atomic E-state index is 5.00. The van der Waals surface area contributed by atoms with E-state index in [1.807, 2.05) is 0 Å². The van der Waals surface area contributed by atoms with Crippen molar-refractivity contribution in [3.05, 3.63) is 133 Å². The van der Waals surface area contributed by atoms with Gasteiger partial charge in [-0.05, 0) is 103 Å². The summed E-state index contributed by atoms with van der Waals surface area (Å²) in [6.07, 6.45) is 0. The van der Waals surface area contributed by atoms with Crippen molar-refractivity contribution in [2.24, 2.45) is 7.05 Å². The third-order valence-corrected chi connectivity index (χ3v) is 9.49. The number of nitrogens with zero attached hydrogens (tertiary/aromatic N) is 4. The molecule has 0 aliphatic heterocycles. The molecule has 0 fully saturated rings. The van der Waals surface area contributed by atoms with Crippen molar-refractivity contribution in [1.29, 1.82) is 0 Å². The highest BCUT2D eigenvalue weighted by Gasteiger charge is 2.26. The van der Waals surface area contributed by atoms with E-state index in [9.17, 15) is 0 Å². The van der Waals surface area contributed by atoms with Crippen LogP contribution in [0.3, 0.4) is 0 Å². The molecule has 4 nitrogen and oxygen atoms in total. The lowest BCUT2D eigenvalue weighted by molar-refractivity contribution is -0.681. The molecule has 0 saturated carbocycles. The van der Waals surface area contributed by atoms with E-state index in [4.69, 9.17) is 4.98 Å². The summed E-state index contributed by atoms with van der Waals surface area (Å²) in [7, 11) is 2.17. The Labute approximate surface area is 276 Å². The van der Waals surface area contributed by atoms with E-state index in [1.165, 1.54) is 61.0 Å². The fourth-order valence-electron chi connectivity index (χ4n) is 7.29. The first kappa shape index (κ1) is 29.0. The Hall–Kier alpha value is -5.48. The summed E-state index contributed by atoms with van der Waals surface area (Å²) in [6.45, 7) is 8.95. The van der Waals surface area contributed by atoms with Crippen LogP contribution < -0.4 is 4.57 Å². The Morgan fingerprint density at radius 3 is 1.96 bits per heavy atom. The van der Waals surface area contributed by atoms with Gasteiger partial charge in [-0.25, -0.2) is 14.1 Å². The minimum Gasteiger partial charge on any atom is -0.321 e. The van der Waals surface area contributed by atoms with Crippen molar-refractivity contribution < 1.29 is 4.57 Å². The van der Waals surface area contributed by atoms with E-state index in [2.05, 4.69) is 182 Å². The van der Waals surface area contributed by atoms with Gasteiger partial charge in [0.2, 0.25) is 0 Å². The summed E-state index contributed by atoms with van der Waals surface area (Å²) >= 11 is 0. The van der Waals surface area contributed by atoms with E-state index in [-0.39, 0.29) is 0 Å². The summed E-state index contributed by atoms with van der Waals surface area (Å²) in [5.74, 6) is 2.24. The van der Waals surface area contributed by atoms with Crippen LogP contribution in [0.15, 0.2) is 133 Å². The fourth-order valence-corrected chi connectivity index (χ4v) is 7.29. The quantitative estimate of drug-likeness (QED) is 0.172. The minimum atomic E-state index is 0.315. The minimum absolute atomic E-state index is 0.315. The molecular formula is C43H39N4+. The second-order valence-corrected chi connectivity index (χ2v) is 13.1. The Balaban J connectivity index is 1.12. The number of para-hydroxylation sites is 4. The van der Waals surface area contributed by atoms with Crippen LogP contribution in [0.5, 0.6) is 0 Å². The van der Waals surface area contributed by atoms with Gasteiger partial charge in [-0.3, -0.25) is 0 Å². The van der Waals surface area contributed by atoms with Crippen molar-refractivity contribution in [3.8, 4) is 45.0 Å². The predicted molar refractivity (Wildman–Crippen MR) is 196 cm³/mol. The van der Waals surface area contributed by atoms with Crippen LogP contribution in [0.1, 0.15) is 39.8 Å². The molecule has 0 amide bonds. The summed E-state index contributed by atoms with van der Waals surface area (Å²) in [5, 5.41) is 2.49. The molecule has 0 saturated heterocycles. The van der Waals surface area contributed by atoms with Gasteiger partial charge in [0.1, 0.15) is 5.82 Å². The van der Waals surface area contributed by atoms with E-state index >= 15 is 0 Å². The molecule has 0 aliphatic rings. The second kappa shape index (κ2) is 11.4. The van der Waals surface area contributed by atoms with Gasteiger partial charge in [-0.1, -0.05) is 91.0 Å². The molecule has 0 aliphatic carbocycles. The van der Waals surface area contributed by atoms with Gasteiger partial charge < -0.3 is 4.57 Å². The molecule has 0 atom stereocenters. The number of benzene rings is 6. The molecule has 8 rings (SSSR count). The van der Waals surface area contributed by atoms with Crippen molar-refractivity contribution in [3.63, 3.8) is 0 Å². The zero-order valence-electron chi connectivity index (χ0n) is 27.6. The molecule has 6 aromatic carbocycles. The normalized spacial score (nSPS) is 11.9. The summed E-state index contributed by atoms with van der Waals surface area (Å²) in [5.41, 5.74) is 11.9. The topological polar surface area (TPSA) is 26.6 Å². The average Bonchev–Trinajstić information content (AvgIpc) is 3.64. The molecule has 47 heavy (non-hydrogen) atoms. The number of hydrogen-bond donors (Lipinski definition) is 0. The lowest BCUT2D eigenvalue weighted by Gasteiger charge is -2.14. The largest absolute Gasteiger partial charge is 0.321 e. The molecule has 2 heterocycles. The number of aromatic nitrogens is 4. The van der Waals surface area contributed by atoms with Gasteiger partial charge in [0.15, 0.2) is 11.0 Å². The van der Waals surface area contributed by atoms with Crippen LogP contribution in [0, 0.1) is 0 Å². The highest BCUT2D eigenvalue weighted by molar-refractivity contribution is 5.99. The summed E-state index contributed by atoms with van der Waals surface area (Å²) in [6, 6.07) is 49.1. The SMILES string of the molecule is CC(C)n1c(-c2ccc(-c3cccc4cc(-c5ccc(-c6n(C)c7ccccc7[n+]6C(C)C)cc5)ccc34)cc2)nc2ccccc21. The van der Waals surface area contributed by atoms with Crippen molar-refractivity contribution in [1.82, 2.24) is 14.1 Å². The molecule has 4 heteroatoms. The van der Waals surface area contributed by atoms with Crippen molar-refractivity contribution in [2.45, 2.75) is 39.8 Å². The van der Waals surface area contributed by atoms with Crippen LogP contribution in [-0.4, -0.2) is 14.1 Å². The van der Waals surface area contributed by atoms with Crippen LogP contribution in [0.25, 0.3) is 77.9 Å². The number of fused-ring (bicyclic) bond motifs is 3. The first-order chi connectivity index (χ1) is 22.9. The van der Waals surface area contributed by atoms with Crippen molar-refractivity contribution in [2.75, 3.05) is 0 Å². The molecule has 0 unspecified atom stereocenters. The molecule has 0 spiro atoms. The smallest absolute Gasteiger partial charge is 0.289 e. The van der Waals surface area contributed by atoms with Crippen molar-refractivity contribution >= 4 is 32.8 Å². The Morgan fingerprint density at radius 2 is 1.21 bits per heavy atom. The van der Waals surface area contributed by atoms with Gasteiger partial charge in [0.25, 0.3) is 5.82 Å². The standard InChI is InChI=1S/C43H39N4/c1-28(2)46-39-14-7-6-13-38(39)44-42(46)32-21-19-31(20-22-32)36-12-10-11-35-27-34(25-26-37(35)36)30-17-23-33(24-18-30)43-45(5)40-15-8-9-16-41(40)47(43)29(3)4/h6-29H,1-5H3/q+1. The number of aryl methyl sites for hydroxylation is 1. The third kappa shape index (κ3) is 4.83. The number of hydrogen-bond acceptors (Lipinski definition) is 1. The van der Waals surface area contributed by atoms with E-state index < -0.39 is 0 Å². The Kier molecular flexibility index (Phi) is 7.02. The molecule has 0 N–H and O–H groups in total. The molecule has 230 valence electrons. The van der Waals surface area contributed by atoms with Gasteiger partial charge in [0.05, 0.1) is 29.7 Å². The maximum Gasteiger partial charge on any atom is 0.289 e. The molecule has 2 aromatic heterocycles. The van der Waals surface area contributed by atoms with Crippen LogP contribution in [-0.2, 0) is 7.05 Å². The summed E-state index contributed by atoms with van der Waals surface area (Å²) < 4.78 is 7.09. The summed E-state index contributed by atoms with van der Waals surface area (Å²) in [4.78, 5) is 5.00. The molecule has 0 radical (unpaired) electrons. The fraction of sp³-hybridized carbons (Fsp3) is 0.163. The van der Waals surface area contributed by atoms with Gasteiger partial charge >= 0.3 is 0 Å². The van der Waals surface area contributed by atoms with Crippen LogP contribution in [0.2, 0.25) is 0 Å². The van der Waals surface area contributed by atoms with Gasteiger partial charge in [0, 0.05) is 11.6 Å². The average molecular weight is 612 g/mol. The number of imidazole rings is 2. The first-order valence-electron chi connectivity index (χ1n) is 16.6. The lowest BCUT2D eigenvalue weighted by Crippen LogP contribution is -2.37. The third-order valence-electron chi connectivity index (χ3n) is 9.49. The van der Waals surface area contributed by atoms with Gasteiger partial charge in [-0.2, -0.15) is 0 Å². The van der Waals surface area contributed by atoms with Gasteiger partial charge in [-0.15, -0.1) is 0 Å². The zero-order valence-corrected chi connectivity index (χ0v) is 27.6. The lowest BCUT2D eigenvalue weighted by atomic mass is 9.94. The Morgan fingerprint density at radius 1 is 0.574 bits per heavy atom. The zero-order chi connectivity index (χ0) is 32.2. The van der Waals surface area contributed by atoms with Crippen LogP contribution >= 0.6 is 0 Å². The maximum absolute atomic E-state index is 5.00. The monoisotopic (exact) mass is 611 g/mol. The number of rotatable bonds is 6. The molecular weight excluding hydrogens is 573 g/mol. The van der Waals surface area contributed by atoms with Crippen LogP contribution in [0.4, 0.5) is 0 Å². The predicted octanol–water partition coefficient (Wildman–Crippen LogP) is 10.8.